The van der Waals surface area contributed by atoms with Gasteiger partial charge in [-0.3, -0.25) is 4.79 Å². The van der Waals surface area contributed by atoms with Gasteiger partial charge in [0.1, 0.15) is 0 Å². The number of hydrogen-bond donors (Lipinski definition) is 2. The molecular formula is C11H19N3O. The van der Waals surface area contributed by atoms with Crippen LogP contribution in [0.2, 0.25) is 0 Å². The van der Waals surface area contributed by atoms with Gasteiger partial charge >= 0.3 is 0 Å². The molecule has 1 aromatic rings. The van der Waals surface area contributed by atoms with Gasteiger partial charge in [0.15, 0.2) is 0 Å². The van der Waals surface area contributed by atoms with Gasteiger partial charge in [0.2, 0.25) is 5.91 Å². The summed E-state index contributed by atoms with van der Waals surface area (Å²) in [4.78, 5) is 11.6. The molecule has 4 nitrogen and oxygen atoms in total. The normalized spacial score (nSPS) is 12.5. The molecule has 0 saturated heterocycles. The van der Waals surface area contributed by atoms with Crippen LogP contribution >= 0.6 is 0 Å². The summed E-state index contributed by atoms with van der Waals surface area (Å²) in [5.74, 6) is -0.0161. The highest BCUT2D eigenvalue weighted by Gasteiger charge is 2.13. The van der Waals surface area contributed by atoms with Gasteiger partial charge in [-0.25, -0.2) is 0 Å². The molecule has 0 aliphatic heterocycles. The third-order valence-electron chi connectivity index (χ3n) is 2.51. The summed E-state index contributed by atoms with van der Waals surface area (Å²) in [7, 11) is 1.96. The highest BCUT2D eigenvalue weighted by Crippen LogP contribution is 2.02. The largest absolute Gasteiger partial charge is 0.357 e. The fraction of sp³-hybridized carbons (Fsp3) is 0.545. The second kappa shape index (κ2) is 5.56. The van der Waals surface area contributed by atoms with Gasteiger partial charge in [-0.15, -0.1) is 0 Å². The third kappa shape index (κ3) is 3.40. The van der Waals surface area contributed by atoms with Crippen LogP contribution < -0.4 is 11.1 Å². The van der Waals surface area contributed by atoms with Crippen LogP contribution in [0.25, 0.3) is 0 Å². The minimum Gasteiger partial charge on any atom is -0.357 e. The number of hydrogen-bond acceptors (Lipinski definition) is 2. The van der Waals surface area contributed by atoms with Crippen molar-refractivity contribution < 1.29 is 4.79 Å². The smallest absolute Gasteiger partial charge is 0.224 e. The number of nitrogens with zero attached hydrogens (tertiary/aromatic N) is 1. The molecule has 0 aliphatic rings. The SMILES string of the molecule is CCC(CN)C(=O)NCc1ccn(C)c1. The summed E-state index contributed by atoms with van der Waals surface area (Å²) in [5, 5.41) is 2.88. The van der Waals surface area contributed by atoms with Crippen LogP contribution in [0.15, 0.2) is 18.5 Å². The molecule has 0 aliphatic carbocycles. The van der Waals surface area contributed by atoms with Gasteiger partial charge in [-0.1, -0.05) is 6.92 Å². The van der Waals surface area contributed by atoms with Gasteiger partial charge in [0.05, 0.1) is 0 Å². The maximum absolute atomic E-state index is 11.6. The molecule has 1 rings (SSSR count). The van der Waals surface area contributed by atoms with Crippen molar-refractivity contribution >= 4 is 5.91 Å². The first-order valence-electron chi connectivity index (χ1n) is 5.26. The Bertz CT molecular complexity index is 315. The Morgan fingerprint density at radius 2 is 2.40 bits per heavy atom. The van der Waals surface area contributed by atoms with E-state index in [1.165, 1.54) is 0 Å². The number of rotatable bonds is 5. The second-order valence-electron chi connectivity index (χ2n) is 3.74. The van der Waals surface area contributed by atoms with E-state index in [0.29, 0.717) is 13.1 Å². The van der Waals surface area contributed by atoms with Gasteiger partial charge in [-0.2, -0.15) is 0 Å². The number of carbonyl (C=O) groups is 1. The fourth-order valence-corrected chi connectivity index (χ4v) is 1.46. The van der Waals surface area contributed by atoms with E-state index in [9.17, 15) is 4.79 Å². The Kier molecular flexibility index (Phi) is 4.37. The molecule has 0 aromatic carbocycles. The highest BCUT2D eigenvalue weighted by molar-refractivity contribution is 5.78. The zero-order valence-corrected chi connectivity index (χ0v) is 9.36. The molecule has 0 saturated carbocycles. The minimum absolute atomic E-state index is 0.0452. The number of nitrogens with two attached hydrogens (primary N) is 1. The van der Waals surface area contributed by atoms with Crippen LogP contribution in [0, 0.1) is 5.92 Å². The molecule has 84 valence electrons. The second-order valence-corrected chi connectivity index (χ2v) is 3.74. The van der Waals surface area contributed by atoms with Crippen molar-refractivity contribution in [2.75, 3.05) is 6.54 Å². The van der Waals surface area contributed by atoms with Crippen LogP contribution in [0.3, 0.4) is 0 Å². The van der Waals surface area contributed by atoms with Crippen molar-refractivity contribution in [1.29, 1.82) is 0 Å². The number of aromatic nitrogens is 1. The fourth-order valence-electron chi connectivity index (χ4n) is 1.46. The van der Waals surface area contributed by atoms with Crippen LogP contribution in [0.5, 0.6) is 0 Å². The van der Waals surface area contributed by atoms with Gasteiger partial charge < -0.3 is 15.6 Å². The monoisotopic (exact) mass is 209 g/mol. The first kappa shape index (κ1) is 11.8. The first-order chi connectivity index (χ1) is 7.17. The lowest BCUT2D eigenvalue weighted by Gasteiger charge is -2.11. The molecule has 15 heavy (non-hydrogen) atoms. The molecule has 0 bridgehead atoms. The number of nitrogens with one attached hydrogen (secondary N) is 1. The zero-order valence-electron chi connectivity index (χ0n) is 9.36. The molecule has 1 aromatic heterocycles. The number of amides is 1. The Labute approximate surface area is 90.5 Å². The molecule has 1 atom stereocenters. The molecule has 1 heterocycles. The average molecular weight is 209 g/mol. The maximum atomic E-state index is 11.6. The summed E-state index contributed by atoms with van der Waals surface area (Å²) < 4.78 is 1.96. The Hall–Kier alpha value is -1.29. The van der Waals surface area contributed by atoms with Gasteiger partial charge in [0.25, 0.3) is 0 Å². The van der Waals surface area contributed by atoms with Crippen molar-refractivity contribution in [2.45, 2.75) is 19.9 Å². The molecule has 1 amide bonds. The summed E-state index contributed by atoms with van der Waals surface area (Å²) in [5.41, 5.74) is 6.60. The molecule has 0 spiro atoms. The quantitative estimate of drug-likeness (QED) is 0.747. The van der Waals surface area contributed by atoms with Crippen LogP contribution in [0.4, 0.5) is 0 Å². The molecule has 4 heteroatoms. The lowest BCUT2D eigenvalue weighted by Crippen LogP contribution is -2.34. The van der Waals surface area contributed by atoms with Gasteiger partial charge in [0, 0.05) is 38.4 Å². The standard InChI is InChI=1S/C11H19N3O/c1-3-10(6-12)11(15)13-7-9-4-5-14(2)8-9/h4-5,8,10H,3,6-7,12H2,1-2H3,(H,13,15). The Morgan fingerprint density at radius 1 is 1.67 bits per heavy atom. The molecular weight excluding hydrogens is 190 g/mol. The molecule has 3 N–H and O–H groups in total. The summed E-state index contributed by atoms with van der Waals surface area (Å²) >= 11 is 0. The lowest BCUT2D eigenvalue weighted by atomic mass is 10.1. The van der Waals surface area contributed by atoms with Crippen molar-refractivity contribution in [1.82, 2.24) is 9.88 Å². The number of carbonyl (C=O) groups excluding carboxylic acids is 1. The number of aryl methyl sites for hydroxylation is 1. The van der Waals surface area contributed by atoms with E-state index in [1.54, 1.807) is 0 Å². The van der Waals surface area contributed by atoms with E-state index in [0.717, 1.165) is 12.0 Å². The summed E-state index contributed by atoms with van der Waals surface area (Å²) in [6.45, 7) is 2.97. The van der Waals surface area contributed by atoms with Crippen molar-refractivity contribution in [3.8, 4) is 0 Å². The average Bonchev–Trinajstić information content (AvgIpc) is 2.63. The molecule has 0 fully saturated rings. The topological polar surface area (TPSA) is 60.1 Å². The van der Waals surface area contributed by atoms with E-state index in [1.807, 2.05) is 37.0 Å². The van der Waals surface area contributed by atoms with E-state index < -0.39 is 0 Å². The van der Waals surface area contributed by atoms with Crippen molar-refractivity contribution in [2.24, 2.45) is 18.7 Å². The zero-order chi connectivity index (χ0) is 11.3. The highest BCUT2D eigenvalue weighted by atomic mass is 16.1. The lowest BCUT2D eigenvalue weighted by molar-refractivity contribution is -0.124. The van der Waals surface area contributed by atoms with E-state index in [2.05, 4.69) is 5.32 Å². The molecule has 0 radical (unpaired) electrons. The third-order valence-corrected chi connectivity index (χ3v) is 2.51. The van der Waals surface area contributed by atoms with E-state index in [4.69, 9.17) is 5.73 Å². The summed E-state index contributed by atoms with van der Waals surface area (Å²) in [6.07, 6.45) is 4.74. The van der Waals surface area contributed by atoms with Gasteiger partial charge in [-0.05, 0) is 18.1 Å². The Morgan fingerprint density at radius 3 is 2.87 bits per heavy atom. The predicted molar refractivity (Wildman–Crippen MR) is 60.1 cm³/mol. The first-order valence-corrected chi connectivity index (χ1v) is 5.26. The maximum Gasteiger partial charge on any atom is 0.224 e. The predicted octanol–water partition coefficient (Wildman–Crippen LogP) is 0.626. The summed E-state index contributed by atoms with van der Waals surface area (Å²) in [6, 6.07) is 1.99. The van der Waals surface area contributed by atoms with Crippen molar-refractivity contribution in [3.05, 3.63) is 24.0 Å². The Balaban J connectivity index is 2.40. The minimum atomic E-state index is -0.0614. The van der Waals surface area contributed by atoms with Crippen LogP contribution in [-0.2, 0) is 18.4 Å². The van der Waals surface area contributed by atoms with E-state index in [-0.39, 0.29) is 11.8 Å². The van der Waals surface area contributed by atoms with E-state index >= 15 is 0 Å². The molecule has 1 unspecified atom stereocenters. The van der Waals surface area contributed by atoms with Crippen LogP contribution in [-0.4, -0.2) is 17.0 Å². The van der Waals surface area contributed by atoms with Crippen molar-refractivity contribution in [3.63, 3.8) is 0 Å². The van der Waals surface area contributed by atoms with Crippen LogP contribution in [0.1, 0.15) is 18.9 Å².